The minimum atomic E-state index is -4.14. The molecule has 1 fully saturated rings. The van der Waals surface area contributed by atoms with Gasteiger partial charge in [0.05, 0.1) is 10.6 Å². The maximum Gasteiger partial charge on any atom is 0.264 e. The molecule has 0 saturated heterocycles. The summed E-state index contributed by atoms with van der Waals surface area (Å²) < 4.78 is 29.1. The second-order valence-electron chi connectivity index (χ2n) is 11.1. The smallest absolute Gasteiger partial charge is 0.264 e. The lowest BCUT2D eigenvalue weighted by molar-refractivity contribution is -0.140. The zero-order valence-electron chi connectivity index (χ0n) is 24.6. The number of nitrogens with zero attached hydrogens (tertiary/aromatic N) is 2. The zero-order chi connectivity index (χ0) is 30.3. The van der Waals surface area contributed by atoms with E-state index in [1.807, 2.05) is 45.0 Å². The van der Waals surface area contributed by atoms with Crippen molar-refractivity contribution in [1.29, 1.82) is 0 Å². The molecule has 0 aliphatic heterocycles. The summed E-state index contributed by atoms with van der Waals surface area (Å²) in [5.74, 6) is -0.682. The van der Waals surface area contributed by atoms with E-state index in [1.165, 1.54) is 23.1 Å². The third kappa shape index (κ3) is 7.92. The van der Waals surface area contributed by atoms with E-state index < -0.39 is 28.5 Å². The standard InChI is InChI=1S/C33H40ClN3O4S/c1-4-31(33(39)35-28-13-6-5-7-14-28)36(22-26-11-8-10-25(3)20-26)32(38)23-37(29-15-9-12-27(34)21-29)42(40,41)30-18-16-24(2)17-19-30/h8-12,15-21,28,31H,4-7,13-14,22-23H2,1-3H3,(H,35,39)/t31-/m0/s1. The van der Waals surface area contributed by atoms with E-state index in [9.17, 15) is 18.0 Å². The summed E-state index contributed by atoms with van der Waals surface area (Å²) in [4.78, 5) is 29.5. The van der Waals surface area contributed by atoms with Crippen molar-refractivity contribution < 1.29 is 18.0 Å². The molecule has 0 radical (unpaired) electrons. The van der Waals surface area contributed by atoms with Crippen molar-refractivity contribution in [2.24, 2.45) is 0 Å². The first kappa shape index (κ1) is 31.6. The van der Waals surface area contributed by atoms with Crippen LogP contribution in [-0.2, 0) is 26.2 Å². The molecule has 1 aliphatic rings. The lowest BCUT2D eigenvalue weighted by Gasteiger charge is -2.34. The molecule has 0 spiro atoms. The summed E-state index contributed by atoms with van der Waals surface area (Å²) in [6, 6.07) is 20.0. The number of anilines is 1. The van der Waals surface area contributed by atoms with Crippen molar-refractivity contribution in [2.45, 2.75) is 82.8 Å². The highest BCUT2D eigenvalue weighted by Crippen LogP contribution is 2.27. The van der Waals surface area contributed by atoms with E-state index in [2.05, 4.69) is 5.32 Å². The normalized spacial score (nSPS) is 14.7. The van der Waals surface area contributed by atoms with Crippen LogP contribution in [0.2, 0.25) is 5.02 Å². The number of hydrogen-bond donors (Lipinski definition) is 1. The van der Waals surface area contributed by atoms with E-state index in [0.717, 1.165) is 53.1 Å². The molecule has 224 valence electrons. The van der Waals surface area contributed by atoms with Gasteiger partial charge in [-0.2, -0.15) is 0 Å². The van der Waals surface area contributed by atoms with Gasteiger partial charge >= 0.3 is 0 Å². The molecule has 1 saturated carbocycles. The lowest BCUT2D eigenvalue weighted by Crippen LogP contribution is -2.54. The molecule has 0 bridgehead atoms. The molecule has 9 heteroatoms. The number of sulfonamides is 1. The first-order chi connectivity index (χ1) is 20.1. The molecule has 0 unspecified atom stereocenters. The van der Waals surface area contributed by atoms with E-state index in [4.69, 9.17) is 11.6 Å². The van der Waals surface area contributed by atoms with Crippen LogP contribution in [0.1, 0.15) is 62.1 Å². The number of carbonyl (C=O) groups excluding carboxylic acids is 2. The number of benzene rings is 3. The van der Waals surface area contributed by atoms with Crippen LogP contribution in [0.5, 0.6) is 0 Å². The minimum absolute atomic E-state index is 0.0631. The second kappa shape index (κ2) is 14.2. The van der Waals surface area contributed by atoms with Crippen molar-refractivity contribution in [3.63, 3.8) is 0 Å². The van der Waals surface area contributed by atoms with Gasteiger partial charge in [-0.25, -0.2) is 8.42 Å². The number of halogens is 1. The Balaban J connectivity index is 1.71. The molecule has 7 nitrogen and oxygen atoms in total. The van der Waals surface area contributed by atoms with Gasteiger partial charge < -0.3 is 10.2 Å². The molecule has 4 rings (SSSR count). The number of rotatable bonds is 11. The largest absolute Gasteiger partial charge is 0.352 e. The summed E-state index contributed by atoms with van der Waals surface area (Å²) in [7, 11) is -4.14. The molecule has 42 heavy (non-hydrogen) atoms. The van der Waals surface area contributed by atoms with Crippen molar-refractivity contribution >= 4 is 39.1 Å². The van der Waals surface area contributed by atoms with Crippen LogP contribution in [0.25, 0.3) is 0 Å². The topological polar surface area (TPSA) is 86.8 Å². The van der Waals surface area contributed by atoms with Crippen molar-refractivity contribution in [3.05, 3.63) is 94.5 Å². The van der Waals surface area contributed by atoms with Crippen LogP contribution in [0.3, 0.4) is 0 Å². The molecule has 3 aromatic carbocycles. The third-order valence-corrected chi connectivity index (χ3v) is 9.78. The third-order valence-electron chi connectivity index (χ3n) is 7.76. The van der Waals surface area contributed by atoms with Gasteiger partial charge in [-0.3, -0.25) is 13.9 Å². The van der Waals surface area contributed by atoms with E-state index in [1.54, 1.807) is 30.3 Å². The fourth-order valence-corrected chi connectivity index (χ4v) is 7.06. The summed E-state index contributed by atoms with van der Waals surface area (Å²) >= 11 is 6.26. The van der Waals surface area contributed by atoms with Gasteiger partial charge in [-0.1, -0.05) is 91.4 Å². The Morgan fingerprint density at radius 2 is 1.62 bits per heavy atom. The Morgan fingerprint density at radius 1 is 0.929 bits per heavy atom. The fourth-order valence-electron chi connectivity index (χ4n) is 5.47. The maximum atomic E-state index is 14.2. The van der Waals surface area contributed by atoms with E-state index in [-0.39, 0.29) is 29.1 Å². The molecule has 1 N–H and O–H groups in total. The summed E-state index contributed by atoms with van der Waals surface area (Å²) in [6.45, 7) is 5.40. The van der Waals surface area contributed by atoms with Crippen LogP contribution in [0.15, 0.2) is 77.7 Å². The highest BCUT2D eigenvalue weighted by atomic mass is 35.5. The maximum absolute atomic E-state index is 14.2. The molecular weight excluding hydrogens is 570 g/mol. The van der Waals surface area contributed by atoms with Gasteiger partial charge in [0, 0.05) is 17.6 Å². The average Bonchev–Trinajstić information content (AvgIpc) is 2.96. The predicted octanol–water partition coefficient (Wildman–Crippen LogP) is 6.41. The summed E-state index contributed by atoms with van der Waals surface area (Å²) in [5, 5.41) is 3.52. The van der Waals surface area contributed by atoms with Crippen LogP contribution < -0.4 is 9.62 Å². The summed E-state index contributed by atoms with van der Waals surface area (Å²) in [6.07, 6.45) is 5.53. The Kier molecular flexibility index (Phi) is 10.7. The first-order valence-corrected chi connectivity index (χ1v) is 16.4. The van der Waals surface area contributed by atoms with E-state index >= 15 is 0 Å². The lowest BCUT2D eigenvalue weighted by atomic mass is 9.95. The fraction of sp³-hybridized carbons (Fsp3) is 0.394. The second-order valence-corrected chi connectivity index (χ2v) is 13.4. The monoisotopic (exact) mass is 609 g/mol. The van der Waals surface area contributed by atoms with Gasteiger partial charge in [-0.05, 0) is 69.0 Å². The van der Waals surface area contributed by atoms with Gasteiger partial charge in [0.15, 0.2) is 0 Å². The molecule has 0 heterocycles. The number of hydrogen-bond acceptors (Lipinski definition) is 4. The number of amides is 2. The molecule has 1 atom stereocenters. The Labute approximate surface area is 254 Å². The zero-order valence-corrected chi connectivity index (χ0v) is 26.1. The van der Waals surface area contributed by atoms with Gasteiger partial charge in [-0.15, -0.1) is 0 Å². The predicted molar refractivity (Wildman–Crippen MR) is 168 cm³/mol. The molecule has 3 aromatic rings. The Bertz CT molecular complexity index is 1490. The van der Waals surface area contributed by atoms with Crippen LogP contribution in [-0.4, -0.2) is 43.8 Å². The SMILES string of the molecule is CC[C@@H](C(=O)NC1CCCCC1)N(Cc1cccc(C)c1)C(=O)CN(c1cccc(Cl)c1)S(=O)(=O)c1ccc(C)cc1. The van der Waals surface area contributed by atoms with Gasteiger partial charge in [0.1, 0.15) is 12.6 Å². The summed E-state index contributed by atoms with van der Waals surface area (Å²) in [5.41, 5.74) is 3.08. The van der Waals surface area contributed by atoms with Crippen molar-refractivity contribution in [1.82, 2.24) is 10.2 Å². The van der Waals surface area contributed by atoms with Crippen LogP contribution in [0.4, 0.5) is 5.69 Å². The molecule has 0 aromatic heterocycles. The molecular formula is C33H40ClN3O4S. The first-order valence-electron chi connectivity index (χ1n) is 14.6. The van der Waals surface area contributed by atoms with Crippen LogP contribution >= 0.6 is 11.6 Å². The number of aryl methyl sites for hydroxylation is 2. The number of nitrogens with one attached hydrogen (secondary N) is 1. The highest BCUT2D eigenvalue weighted by molar-refractivity contribution is 7.92. The molecule has 2 amide bonds. The van der Waals surface area contributed by atoms with Crippen molar-refractivity contribution in [2.75, 3.05) is 10.8 Å². The van der Waals surface area contributed by atoms with E-state index in [0.29, 0.717) is 11.4 Å². The molecule has 1 aliphatic carbocycles. The minimum Gasteiger partial charge on any atom is -0.352 e. The average molecular weight is 610 g/mol. The van der Waals surface area contributed by atoms with Crippen LogP contribution in [0, 0.1) is 13.8 Å². The van der Waals surface area contributed by atoms with Gasteiger partial charge in [0.25, 0.3) is 10.0 Å². The Morgan fingerprint density at radius 3 is 2.26 bits per heavy atom. The van der Waals surface area contributed by atoms with Gasteiger partial charge in [0.2, 0.25) is 11.8 Å². The quantitative estimate of drug-likeness (QED) is 0.272. The number of carbonyl (C=O) groups is 2. The van der Waals surface area contributed by atoms with Crippen molar-refractivity contribution in [3.8, 4) is 0 Å². The highest BCUT2D eigenvalue weighted by Gasteiger charge is 2.34. The Hall–Kier alpha value is -3.36.